The lowest BCUT2D eigenvalue weighted by atomic mass is 10.2. The first-order valence-electron chi connectivity index (χ1n) is 7.21. The number of morpholine rings is 1. The molecule has 0 bridgehead atoms. The quantitative estimate of drug-likeness (QED) is 0.693. The lowest BCUT2D eigenvalue weighted by Crippen LogP contribution is -2.40. The third-order valence-electron chi connectivity index (χ3n) is 3.33. The van der Waals surface area contributed by atoms with Crippen LogP contribution in [0.1, 0.15) is 12.5 Å². The van der Waals surface area contributed by atoms with Crippen LogP contribution in [-0.2, 0) is 11.3 Å². The number of rotatable bonds is 7. The second kappa shape index (κ2) is 12.4. The van der Waals surface area contributed by atoms with Crippen molar-refractivity contribution >= 4 is 40.7 Å². The van der Waals surface area contributed by atoms with Crippen molar-refractivity contribution in [2.45, 2.75) is 13.5 Å². The van der Waals surface area contributed by atoms with Crippen LogP contribution in [0, 0.1) is 0 Å². The number of hydrogen-bond acceptors (Lipinski definition) is 4. The van der Waals surface area contributed by atoms with Gasteiger partial charge in [-0.25, -0.2) is 0 Å². The molecule has 1 aliphatic heterocycles. The number of nitrogens with zero attached hydrogens (tertiary/aromatic N) is 1. The summed E-state index contributed by atoms with van der Waals surface area (Å²) >= 11 is 3.54. The van der Waals surface area contributed by atoms with Crippen LogP contribution in [0.5, 0.6) is 5.75 Å². The van der Waals surface area contributed by atoms with Crippen LogP contribution < -0.4 is 10.1 Å². The van der Waals surface area contributed by atoms with Crippen molar-refractivity contribution in [1.29, 1.82) is 0 Å². The van der Waals surface area contributed by atoms with Crippen LogP contribution in [-0.4, -0.2) is 50.9 Å². The van der Waals surface area contributed by atoms with Gasteiger partial charge in [-0.05, 0) is 40.5 Å². The Hall–Kier alpha value is -0.0400. The van der Waals surface area contributed by atoms with Crippen molar-refractivity contribution in [2.24, 2.45) is 0 Å². The first-order valence-corrected chi connectivity index (χ1v) is 8.01. The van der Waals surface area contributed by atoms with Crippen molar-refractivity contribution in [2.75, 3.05) is 46.0 Å². The van der Waals surface area contributed by atoms with E-state index in [1.165, 1.54) is 5.56 Å². The predicted molar refractivity (Wildman–Crippen MR) is 98.8 cm³/mol. The van der Waals surface area contributed by atoms with E-state index in [1.807, 2.05) is 13.0 Å². The molecule has 0 atom stereocenters. The summed E-state index contributed by atoms with van der Waals surface area (Å²) in [5, 5.41) is 3.48. The third kappa shape index (κ3) is 7.49. The molecule has 1 fully saturated rings. The minimum atomic E-state index is 0. The van der Waals surface area contributed by atoms with Crippen LogP contribution in [0.4, 0.5) is 0 Å². The van der Waals surface area contributed by atoms with Gasteiger partial charge in [0.2, 0.25) is 0 Å². The van der Waals surface area contributed by atoms with Crippen molar-refractivity contribution < 1.29 is 9.47 Å². The van der Waals surface area contributed by atoms with Gasteiger partial charge >= 0.3 is 0 Å². The normalized spacial score (nSPS) is 14.8. The Balaban J connectivity index is 0.00000220. The summed E-state index contributed by atoms with van der Waals surface area (Å²) in [6, 6.07) is 6.25. The fraction of sp³-hybridized carbons (Fsp3) is 0.600. The van der Waals surface area contributed by atoms with Gasteiger partial charge in [-0.3, -0.25) is 4.90 Å². The Labute approximate surface area is 153 Å². The zero-order valence-electron chi connectivity index (χ0n) is 12.8. The maximum atomic E-state index is 5.51. The molecule has 0 unspecified atom stereocenters. The Morgan fingerprint density at radius 3 is 2.64 bits per heavy atom. The van der Waals surface area contributed by atoms with Gasteiger partial charge in [-0.15, -0.1) is 24.8 Å². The summed E-state index contributed by atoms with van der Waals surface area (Å²) in [4.78, 5) is 2.44. The van der Waals surface area contributed by atoms with E-state index in [-0.39, 0.29) is 24.8 Å². The number of nitrogens with one attached hydrogen (secondary N) is 1. The van der Waals surface area contributed by atoms with E-state index in [1.54, 1.807) is 0 Å². The van der Waals surface area contributed by atoms with Crippen molar-refractivity contribution in [3.63, 3.8) is 0 Å². The molecule has 0 amide bonds. The molecule has 2 rings (SSSR count). The molecule has 1 heterocycles. The van der Waals surface area contributed by atoms with Gasteiger partial charge < -0.3 is 14.8 Å². The van der Waals surface area contributed by atoms with E-state index >= 15 is 0 Å². The van der Waals surface area contributed by atoms with E-state index < -0.39 is 0 Å². The van der Waals surface area contributed by atoms with Crippen LogP contribution in [0.25, 0.3) is 0 Å². The molecule has 1 aromatic carbocycles. The maximum Gasteiger partial charge on any atom is 0.133 e. The summed E-state index contributed by atoms with van der Waals surface area (Å²) in [6.45, 7) is 9.50. The lowest BCUT2D eigenvalue weighted by Gasteiger charge is -2.26. The number of benzene rings is 1. The average Bonchev–Trinajstić information content (AvgIpc) is 2.48. The minimum Gasteiger partial charge on any atom is -0.493 e. The SMILES string of the molecule is CCOc1ccc(CNCCN2CCOCC2)cc1Br.Cl.Cl. The van der Waals surface area contributed by atoms with Crippen LogP contribution in [0.3, 0.4) is 0 Å². The molecule has 1 aliphatic rings. The monoisotopic (exact) mass is 414 g/mol. The van der Waals surface area contributed by atoms with Gasteiger partial charge in [-0.2, -0.15) is 0 Å². The molecule has 0 spiro atoms. The number of ether oxygens (including phenoxy) is 2. The Bertz CT molecular complexity index is 419. The fourth-order valence-electron chi connectivity index (χ4n) is 2.22. The van der Waals surface area contributed by atoms with Crippen LogP contribution >= 0.6 is 40.7 Å². The summed E-state index contributed by atoms with van der Waals surface area (Å²) in [5.41, 5.74) is 1.27. The van der Waals surface area contributed by atoms with Crippen molar-refractivity contribution in [3.05, 3.63) is 28.2 Å². The second-order valence-corrected chi connectivity index (χ2v) is 5.68. The molecule has 0 aromatic heterocycles. The Kier molecular flexibility index (Phi) is 12.4. The average molecular weight is 416 g/mol. The molecule has 0 radical (unpaired) electrons. The first kappa shape index (κ1) is 22.0. The molecule has 1 aromatic rings. The highest BCUT2D eigenvalue weighted by atomic mass is 79.9. The van der Waals surface area contributed by atoms with Gasteiger partial charge in [0.1, 0.15) is 5.75 Å². The zero-order chi connectivity index (χ0) is 14.2. The zero-order valence-corrected chi connectivity index (χ0v) is 16.1. The molecule has 4 nitrogen and oxygen atoms in total. The van der Waals surface area contributed by atoms with Gasteiger partial charge in [0.25, 0.3) is 0 Å². The Morgan fingerprint density at radius 1 is 1.27 bits per heavy atom. The lowest BCUT2D eigenvalue weighted by molar-refractivity contribution is 0.0384. The Morgan fingerprint density at radius 2 is 2.00 bits per heavy atom. The maximum absolute atomic E-state index is 5.51. The van der Waals surface area contributed by atoms with E-state index in [4.69, 9.17) is 9.47 Å². The minimum absolute atomic E-state index is 0. The van der Waals surface area contributed by atoms with Gasteiger partial charge in [0.05, 0.1) is 24.3 Å². The van der Waals surface area contributed by atoms with Gasteiger partial charge in [0.15, 0.2) is 0 Å². The summed E-state index contributed by atoms with van der Waals surface area (Å²) in [6.07, 6.45) is 0. The van der Waals surface area contributed by atoms with E-state index in [2.05, 4.69) is 38.3 Å². The molecular formula is C15H25BrCl2N2O2. The topological polar surface area (TPSA) is 33.7 Å². The molecule has 0 aliphatic carbocycles. The second-order valence-electron chi connectivity index (χ2n) is 4.83. The molecular weight excluding hydrogens is 391 g/mol. The number of halogens is 3. The number of hydrogen-bond donors (Lipinski definition) is 1. The highest BCUT2D eigenvalue weighted by Crippen LogP contribution is 2.25. The molecule has 1 saturated heterocycles. The van der Waals surface area contributed by atoms with Gasteiger partial charge in [0, 0.05) is 32.7 Å². The van der Waals surface area contributed by atoms with Crippen LogP contribution in [0.2, 0.25) is 0 Å². The fourth-order valence-corrected chi connectivity index (χ4v) is 2.76. The predicted octanol–water partition coefficient (Wildman–Crippen LogP) is 3.11. The van der Waals surface area contributed by atoms with E-state index in [0.29, 0.717) is 6.61 Å². The van der Waals surface area contributed by atoms with E-state index in [9.17, 15) is 0 Å². The van der Waals surface area contributed by atoms with Gasteiger partial charge in [-0.1, -0.05) is 6.07 Å². The summed E-state index contributed by atoms with van der Waals surface area (Å²) < 4.78 is 11.9. The molecule has 7 heteroatoms. The highest BCUT2D eigenvalue weighted by molar-refractivity contribution is 9.10. The standard InChI is InChI=1S/C15H23BrN2O2.2ClH/c1-2-20-15-4-3-13(11-14(15)16)12-17-5-6-18-7-9-19-10-8-18;;/h3-4,11,17H,2,5-10,12H2,1H3;2*1H. The highest BCUT2D eigenvalue weighted by Gasteiger charge is 2.09. The van der Waals surface area contributed by atoms with Crippen LogP contribution in [0.15, 0.2) is 22.7 Å². The largest absolute Gasteiger partial charge is 0.493 e. The van der Waals surface area contributed by atoms with Crippen molar-refractivity contribution in [1.82, 2.24) is 10.2 Å². The molecule has 128 valence electrons. The molecule has 1 N–H and O–H groups in total. The third-order valence-corrected chi connectivity index (χ3v) is 3.95. The summed E-state index contributed by atoms with van der Waals surface area (Å²) in [5.74, 6) is 0.907. The van der Waals surface area contributed by atoms with E-state index in [0.717, 1.165) is 56.2 Å². The van der Waals surface area contributed by atoms with Crippen molar-refractivity contribution in [3.8, 4) is 5.75 Å². The molecule has 0 saturated carbocycles. The smallest absolute Gasteiger partial charge is 0.133 e. The first-order chi connectivity index (χ1) is 9.79. The molecule has 22 heavy (non-hydrogen) atoms. The summed E-state index contributed by atoms with van der Waals surface area (Å²) in [7, 11) is 0.